The van der Waals surface area contributed by atoms with Crippen LogP contribution in [0.1, 0.15) is 51.1 Å². The number of ether oxygens (including phenoxy) is 1. The van der Waals surface area contributed by atoms with Gasteiger partial charge in [0, 0.05) is 37.8 Å². The van der Waals surface area contributed by atoms with E-state index in [0.717, 1.165) is 31.9 Å². The van der Waals surface area contributed by atoms with Crippen LogP contribution >= 0.6 is 0 Å². The first-order valence-corrected chi connectivity index (χ1v) is 9.94. The number of unbranched alkanes of at least 4 members (excludes halogenated alkanes) is 2. The van der Waals surface area contributed by atoms with Gasteiger partial charge in [-0.15, -0.1) is 0 Å². The Morgan fingerprint density at radius 2 is 1.84 bits per heavy atom. The van der Waals surface area contributed by atoms with Crippen LogP contribution in [-0.4, -0.2) is 37.7 Å². The Bertz CT molecular complexity index is 664. The molecule has 0 aromatic heterocycles. The van der Waals surface area contributed by atoms with Crippen molar-refractivity contribution < 1.29 is 4.74 Å². The maximum atomic E-state index is 6.08. The highest BCUT2D eigenvalue weighted by molar-refractivity contribution is 5.88. The first kappa shape index (κ1) is 18.2. The molecule has 0 aliphatic carbocycles. The molecule has 1 atom stereocenters. The molecule has 2 aromatic rings. The third kappa shape index (κ3) is 4.34. The van der Waals surface area contributed by atoms with Crippen molar-refractivity contribution in [3.8, 4) is 5.75 Å². The molecule has 3 nitrogen and oxygen atoms in total. The van der Waals surface area contributed by atoms with Crippen molar-refractivity contribution in [3.05, 3.63) is 42.0 Å². The van der Waals surface area contributed by atoms with E-state index in [0.29, 0.717) is 12.6 Å². The molecule has 0 bridgehead atoms. The summed E-state index contributed by atoms with van der Waals surface area (Å²) in [6.45, 7) is 9.48. The van der Waals surface area contributed by atoms with Crippen LogP contribution in [0.3, 0.4) is 0 Å². The third-order valence-corrected chi connectivity index (χ3v) is 5.24. The number of nitrogens with one attached hydrogen (secondary N) is 1. The molecule has 1 aliphatic heterocycles. The van der Waals surface area contributed by atoms with Gasteiger partial charge >= 0.3 is 0 Å². The summed E-state index contributed by atoms with van der Waals surface area (Å²) in [6.07, 6.45) is 5.06. The van der Waals surface area contributed by atoms with E-state index in [-0.39, 0.29) is 0 Å². The van der Waals surface area contributed by atoms with E-state index in [4.69, 9.17) is 4.74 Å². The molecule has 1 saturated heterocycles. The SMILES string of the molecule is CCCCC[C@@H](c1c(OCC)ccc2ccccc12)N1CCNCC1. The molecular weight excluding hydrogens is 308 g/mol. The van der Waals surface area contributed by atoms with Gasteiger partial charge in [-0.1, -0.05) is 56.5 Å². The second-order valence-corrected chi connectivity index (χ2v) is 6.93. The van der Waals surface area contributed by atoms with E-state index in [1.165, 1.54) is 42.0 Å². The van der Waals surface area contributed by atoms with Gasteiger partial charge in [0.05, 0.1) is 6.61 Å². The average molecular weight is 341 g/mol. The molecule has 25 heavy (non-hydrogen) atoms. The summed E-state index contributed by atoms with van der Waals surface area (Å²) in [7, 11) is 0. The molecule has 0 amide bonds. The lowest BCUT2D eigenvalue weighted by atomic mass is 9.92. The first-order valence-electron chi connectivity index (χ1n) is 9.94. The molecular formula is C22H32N2O. The monoisotopic (exact) mass is 340 g/mol. The van der Waals surface area contributed by atoms with Crippen molar-refractivity contribution in [2.75, 3.05) is 32.8 Å². The summed E-state index contributed by atoms with van der Waals surface area (Å²) in [6, 6.07) is 13.6. The molecule has 1 N–H and O–H groups in total. The van der Waals surface area contributed by atoms with E-state index in [1.807, 2.05) is 0 Å². The van der Waals surface area contributed by atoms with Crippen molar-refractivity contribution in [1.29, 1.82) is 0 Å². The van der Waals surface area contributed by atoms with E-state index in [2.05, 4.69) is 60.5 Å². The van der Waals surface area contributed by atoms with Crippen molar-refractivity contribution in [3.63, 3.8) is 0 Å². The highest BCUT2D eigenvalue weighted by atomic mass is 16.5. The van der Waals surface area contributed by atoms with Gasteiger partial charge in [-0.3, -0.25) is 4.90 Å². The first-order chi connectivity index (χ1) is 12.3. The smallest absolute Gasteiger partial charge is 0.124 e. The Hall–Kier alpha value is -1.58. The molecule has 3 rings (SSSR count). The van der Waals surface area contributed by atoms with Gasteiger partial charge in [-0.25, -0.2) is 0 Å². The highest BCUT2D eigenvalue weighted by Gasteiger charge is 2.26. The maximum absolute atomic E-state index is 6.08. The number of hydrogen-bond acceptors (Lipinski definition) is 3. The fourth-order valence-electron chi connectivity index (χ4n) is 3.99. The van der Waals surface area contributed by atoms with Crippen LogP contribution in [0.5, 0.6) is 5.75 Å². The lowest BCUT2D eigenvalue weighted by molar-refractivity contribution is 0.160. The van der Waals surface area contributed by atoms with Crippen LogP contribution in [0.2, 0.25) is 0 Å². The Morgan fingerprint density at radius 1 is 1.04 bits per heavy atom. The third-order valence-electron chi connectivity index (χ3n) is 5.24. The Labute approximate surface area is 152 Å². The number of rotatable bonds is 8. The fraction of sp³-hybridized carbons (Fsp3) is 0.545. The summed E-state index contributed by atoms with van der Waals surface area (Å²) < 4.78 is 6.08. The topological polar surface area (TPSA) is 24.5 Å². The molecule has 3 heteroatoms. The van der Waals surface area contributed by atoms with Gasteiger partial charge in [0.1, 0.15) is 5.75 Å². The van der Waals surface area contributed by atoms with Crippen LogP contribution in [-0.2, 0) is 0 Å². The average Bonchev–Trinajstić information content (AvgIpc) is 2.67. The zero-order valence-electron chi connectivity index (χ0n) is 15.8. The summed E-state index contributed by atoms with van der Waals surface area (Å²) in [5.74, 6) is 1.07. The summed E-state index contributed by atoms with van der Waals surface area (Å²) >= 11 is 0. The van der Waals surface area contributed by atoms with Crippen molar-refractivity contribution >= 4 is 10.8 Å². The van der Waals surface area contributed by atoms with Crippen molar-refractivity contribution in [2.45, 2.75) is 45.6 Å². The normalized spacial score (nSPS) is 16.9. The van der Waals surface area contributed by atoms with Gasteiger partial charge in [-0.2, -0.15) is 0 Å². The molecule has 0 unspecified atom stereocenters. The number of piperazine rings is 1. The minimum atomic E-state index is 0.446. The maximum Gasteiger partial charge on any atom is 0.124 e. The minimum Gasteiger partial charge on any atom is -0.494 e. The Morgan fingerprint density at radius 3 is 2.60 bits per heavy atom. The van der Waals surface area contributed by atoms with Crippen LogP contribution in [0.4, 0.5) is 0 Å². The predicted molar refractivity (Wildman–Crippen MR) is 106 cm³/mol. The van der Waals surface area contributed by atoms with Gasteiger partial charge < -0.3 is 10.1 Å². The Balaban J connectivity index is 2.03. The minimum absolute atomic E-state index is 0.446. The highest BCUT2D eigenvalue weighted by Crippen LogP contribution is 2.39. The molecule has 0 spiro atoms. The number of hydrogen-bond donors (Lipinski definition) is 1. The number of nitrogens with zero attached hydrogens (tertiary/aromatic N) is 1. The predicted octanol–water partition coefficient (Wildman–Crippen LogP) is 4.77. The largest absolute Gasteiger partial charge is 0.494 e. The van der Waals surface area contributed by atoms with E-state index < -0.39 is 0 Å². The van der Waals surface area contributed by atoms with Gasteiger partial charge in [0.25, 0.3) is 0 Å². The molecule has 2 aromatic carbocycles. The van der Waals surface area contributed by atoms with Crippen LogP contribution in [0.25, 0.3) is 10.8 Å². The van der Waals surface area contributed by atoms with Gasteiger partial charge in [-0.05, 0) is 30.2 Å². The molecule has 0 radical (unpaired) electrons. The zero-order valence-corrected chi connectivity index (χ0v) is 15.8. The van der Waals surface area contributed by atoms with E-state index in [1.54, 1.807) is 0 Å². The Kier molecular flexibility index (Phi) is 6.71. The summed E-state index contributed by atoms with van der Waals surface area (Å²) in [5, 5.41) is 6.16. The van der Waals surface area contributed by atoms with Gasteiger partial charge in [0.15, 0.2) is 0 Å². The molecule has 1 aliphatic rings. The van der Waals surface area contributed by atoms with Crippen molar-refractivity contribution in [1.82, 2.24) is 10.2 Å². The molecule has 0 saturated carbocycles. The quantitative estimate of drug-likeness (QED) is 0.701. The van der Waals surface area contributed by atoms with Crippen molar-refractivity contribution in [2.24, 2.45) is 0 Å². The van der Waals surface area contributed by atoms with Crippen LogP contribution in [0.15, 0.2) is 36.4 Å². The summed E-state index contributed by atoms with van der Waals surface area (Å²) in [5.41, 5.74) is 1.40. The lowest BCUT2D eigenvalue weighted by Gasteiger charge is -2.36. The van der Waals surface area contributed by atoms with Gasteiger partial charge in [0.2, 0.25) is 0 Å². The van der Waals surface area contributed by atoms with Crippen LogP contribution < -0.4 is 10.1 Å². The zero-order chi connectivity index (χ0) is 17.5. The second-order valence-electron chi connectivity index (χ2n) is 6.93. The molecule has 1 heterocycles. The summed E-state index contributed by atoms with van der Waals surface area (Å²) in [4.78, 5) is 2.66. The standard InChI is InChI=1S/C22H32N2O/c1-3-5-6-11-20(24-16-14-23-15-17-24)22-19-10-8-7-9-18(19)12-13-21(22)25-4-2/h7-10,12-13,20,23H,3-6,11,14-17H2,1-2H3/t20-/m0/s1. The van der Waals surface area contributed by atoms with E-state index >= 15 is 0 Å². The van der Waals surface area contributed by atoms with Crippen LogP contribution in [0, 0.1) is 0 Å². The number of fused-ring (bicyclic) bond motifs is 1. The second kappa shape index (κ2) is 9.21. The van der Waals surface area contributed by atoms with E-state index in [9.17, 15) is 0 Å². The fourth-order valence-corrected chi connectivity index (χ4v) is 3.99. The molecule has 1 fully saturated rings. The number of benzene rings is 2. The lowest BCUT2D eigenvalue weighted by Crippen LogP contribution is -2.45. The molecule has 136 valence electrons.